The summed E-state index contributed by atoms with van der Waals surface area (Å²) in [5, 5.41) is 2.73. The van der Waals surface area contributed by atoms with Gasteiger partial charge in [-0.15, -0.1) is 11.6 Å². The summed E-state index contributed by atoms with van der Waals surface area (Å²) in [5.74, 6) is 0.867. The van der Waals surface area contributed by atoms with Crippen LogP contribution < -0.4 is 5.32 Å². The molecule has 0 saturated heterocycles. The lowest BCUT2D eigenvalue weighted by atomic mass is 10.0. The minimum atomic E-state index is -0.0639. The molecule has 2 nitrogen and oxygen atoms in total. The summed E-state index contributed by atoms with van der Waals surface area (Å²) in [6, 6.07) is 7.67. The number of alkyl halides is 1. The number of hydrogen-bond acceptors (Lipinski definition) is 1. The third-order valence-electron chi connectivity index (χ3n) is 2.22. The molecule has 1 aromatic carbocycles. The summed E-state index contributed by atoms with van der Waals surface area (Å²) in [6.45, 7) is 4.76. The number of hydrogen-bond donors (Lipinski definition) is 1. The molecule has 0 aliphatic heterocycles. The molecule has 82 valence electrons. The van der Waals surface area contributed by atoms with Crippen molar-refractivity contribution in [2.45, 2.75) is 19.8 Å². The molecule has 0 saturated carbocycles. The van der Waals surface area contributed by atoms with Crippen LogP contribution in [0.5, 0.6) is 0 Å². The van der Waals surface area contributed by atoms with Gasteiger partial charge in [0.05, 0.1) is 0 Å². The number of nitrogens with one attached hydrogen (secondary N) is 1. The quantitative estimate of drug-likeness (QED) is 0.785. The fourth-order valence-corrected chi connectivity index (χ4v) is 1.38. The first kappa shape index (κ1) is 12.1. The molecule has 0 unspecified atom stereocenters. The van der Waals surface area contributed by atoms with E-state index in [0.29, 0.717) is 23.9 Å². The normalized spacial score (nSPS) is 10.4. The van der Waals surface area contributed by atoms with E-state index in [1.807, 2.05) is 24.3 Å². The summed E-state index contributed by atoms with van der Waals surface area (Å²) in [7, 11) is 0. The van der Waals surface area contributed by atoms with E-state index in [2.05, 4.69) is 19.2 Å². The fourth-order valence-electron chi connectivity index (χ4n) is 1.28. The Hall–Kier alpha value is -1.02. The number of carbonyl (C=O) groups is 1. The molecule has 0 bridgehead atoms. The summed E-state index contributed by atoms with van der Waals surface area (Å²) in [4.78, 5) is 11.5. The first-order chi connectivity index (χ1) is 7.15. The summed E-state index contributed by atoms with van der Waals surface area (Å²) >= 11 is 5.49. The molecule has 0 atom stereocenters. The minimum Gasteiger partial charge on any atom is -0.351 e. The van der Waals surface area contributed by atoms with Gasteiger partial charge >= 0.3 is 0 Å². The molecule has 3 heteroatoms. The average Bonchev–Trinajstić information content (AvgIpc) is 2.26. The van der Waals surface area contributed by atoms with Gasteiger partial charge < -0.3 is 5.32 Å². The lowest BCUT2D eigenvalue weighted by Gasteiger charge is -2.06. The predicted octanol–water partition coefficient (Wildman–Crippen LogP) is 2.78. The Morgan fingerprint density at radius 2 is 1.93 bits per heavy atom. The summed E-state index contributed by atoms with van der Waals surface area (Å²) < 4.78 is 0. The van der Waals surface area contributed by atoms with Crippen molar-refractivity contribution in [3.05, 3.63) is 35.4 Å². The Kier molecular flexibility index (Phi) is 4.63. The Balaban J connectivity index is 2.67. The molecule has 1 rings (SSSR count). The van der Waals surface area contributed by atoms with Crippen molar-refractivity contribution in [2.24, 2.45) is 0 Å². The van der Waals surface area contributed by atoms with Crippen LogP contribution in [-0.2, 0) is 0 Å². The monoisotopic (exact) mass is 225 g/mol. The average molecular weight is 226 g/mol. The zero-order valence-corrected chi connectivity index (χ0v) is 9.84. The molecule has 0 radical (unpaired) electrons. The van der Waals surface area contributed by atoms with E-state index >= 15 is 0 Å². The first-order valence-corrected chi connectivity index (χ1v) is 5.62. The van der Waals surface area contributed by atoms with E-state index in [1.165, 1.54) is 5.56 Å². The Bertz CT molecular complexity index is 319. The van der Waals surface area contributed by atoms with E-state index in [0.717, 1.165) is 0 Å². The van der Waals surface area contributed by atoms with Crippen LogP contribution >= 0.6 is 11.6 Å². The fraction of sp³-hybridized carbons (Fsp3) is 0.417. The van der Waals surface area contributed by atoms with Crippen LogP contribution in [0.3, 0.4) is 0 Å². The molecule has 0 heterocycles. The highest BCUT2D eigenvalue weighted by Crippen LogP contribution is 2.14. The lowest BCUT2D eigenvalue weighted by Crippen LogP contribution is -2.25. The van der Waals surface area contributed by atoms with Crippen LogP contribution in [0.15, 0.2) is 24.3 Å². The van der Waals surface area contributed by atoms with E-state index in [-0.39, 0.29) is 5.91 Å². The van der Waals surface area contributed by atoms with Crippen molar-refractivity contribution in [3.8, 4) is 0 Å². The van der Waals surface area contributed by atoms with Gasteiger partial charge in [-0.1, -0.05) is 26.0 Å². The van der Waals surface area contributed by atoms with Crippen molar-refractivity contribution in [1.82, 2.24) is 5.32 Å². The zero-order valence-electron chi connectivity index (χ0n) is 9.09. The van der Waals surface area contributed by atoms with Gasteiger partial charge in [-0.05, 0) is 23.6 Å². The van der Waals surface area contributed by atoms with E-state index < -0.39 is 0 Å². The lowest BCUT2D eigenvalue weighted by molar-refractivity contribution is 0.0956. The summed E-state index contributed by atoms with van der Waals surface area (Å²) in [5.41, 5.74) is 1.92. The molecule has 0 aromatic heterocycles. The highest BCUT2D eigenvalue weighted by molar-refractivity contribution is 6.18. The number of halogens is 1. The first-order valence-electron chi connectivity index (χ1n) is 5.09. The molecular weight excluding hydrogens is 210 g/mol. The second kappa shape index (κ2) is 5.76. The molecule has 1 N–H and O–H groups in total. The number of carbonyl (C=O) groups excluding carboxylic acids is 1. The van der Waals surface area contributed by atoms with Crippen molar-refractivity contribution in [3.63, 3.8) is 0 Å². The van der Waals surface area contributed by atoms with E-state index in [4.69, 9.17) is 11.6 Å². The second-order valence-electron chi connectivity index (χ2n) is 3.72. The van der Waals surface area contributed by atoms with Crippen LogP contribution in [0.2, 0.25) is 0 Å². The van der Waals surface area contributed by atoms with Crippen LogP contribution in [-0.4, -0.2) is 18.3 Å². The Labute approximate surface area is 95.6 Å². The van der Waals surface area contributed by atoms with Gasteiger partial charge in [0.25, 0.3) is 5.91 Å². The smallest absolute Gasteiger partial charge is 0.251 e. The third kappa shape index (κ3) is 3.56. The molecular formula is C12H16ClNO. The largest absolute Gasteiger partial charge is 0.351 e. The number of benzene rings is 1. The molecule has 15 heavy (non-hydrogen) atoms. The molecule has 0 aliphatic carbocycles. The molecule has 0 fully saturated rings. The highest BCUT2D eigenvalue weighted by atomic mass is 35.5. The van der Waals surface area contributed by atoms with Crippen molar-refractivity contribution < 1.29 is 4.79 Å². The predicted molar refractivity (Wildman–Crippen MR) is 63.6 cm³/mol. The second-order valence-corrected chi connectivity index (χ2v) is 4.10. The standard InChI is InChI=1S/C12H16ClNO/c1-9(2)10-3-5-11(6-4-10)12(15)14-8-7-13/h3-6,9H,7-8H2,1-2H3,(H,14,15). The Morgan fingerprint density at radius 3 is 2.40 bits per heavy atom. The van der Waals surface area contributed by atoms with Gasteiger partial charge in [-0.3, -0.25) is 4.79 Å². The number of rotatable bonds is 4. The van der Waals surface area contributed by atoms with Crippen LogP contribution in [0.1, 0.15) is 35.7 Å². The van der Waals surface area contributed by atoms with Crippen LogP contribution in [0.4, 0.5) is 0 Å². The van der Waals surface area contributed by atoms with Gasteiger partial charge in [-0.2, -0.15) is 0 Å². The SMILES string of the molecule is CC(C)c1ccc(C(=O)NCCCl)cc1. The van der Waals surface area contributed by atoms with Crippen molar-refractivity contribution in [1.29, 1.82) is 0 Å². The summed E-state index contributed by atoms with van der Waals surface area (Å²) in [6.07, 6.45) is 0. The minimum absolute atomic E-state index is 0.0639. The maximum Gasteiger partial charge on any atom is 0.251 e. The van der Waals surface area contributed by atoms with E-state index in [9.17, 15) is 4.79 Å². The van der Waals surface area contributed by atoms with Crippen LogP contribution in [0, 0.1) is 0 Å². The van der Waals surface area contributed by atoms with Gasteiger partial charge in [0.15, 0.2) is 0 Å². The Morgan fingerprint density at radius 1 is 1.33 bits per heavy atom. The van der Waals surface area contributed by atoms with Crippen molar-refractivity contribution in [2.75, 3.05) is 12.4 Å². The third-order valence-corrected chi connectivity index (χ3v) is 2.41. The zero-order chi connectivity index (χ0) is 11.3. The topological polar surface area (TPSA) is 29.1 Å². The molecule has 0 spiro atoms. The van der Waals surface area contributed by atoms with Gasteiger partial charge in [0.2, 0.25) is 0 Å². The van der Waals surface area contributed by atoms with Crippen molar-refractivity contribution >= 4 is 17.5 Å². The molecule has 1 amide bonds. The maximum atomic E-state index is 11.5. The highest BCUT2D eigenvalue weighted by Gasteiger charge is 2.05. The number of amides is 1. The van der Waals surface area contributed by atoms with Crippen LogP contribution in [0.25, 0.3) is 0 Å². The van der Waals surface area contributed by atoms with E-state index in [1.54, 1.807) is 0 Å². The van der Waals surface area contributed by atoms with Gasteiger partial charge in [-0.25, -0.2) is 0 Å². The van der Waals surface area contributed by atoms with Gasteiger partial charge in [0.1, 0.15) is 0 Å². The maximum absolute atomic E-state index is 11.5. The molecule has 0 aliphatic rings. The van der Waals surface area contributed by atoms with Gasteiger partial charge in [0, 0.05) is 18.0 Å². The molecule has 1 aromatic rings.